The Kier molecular flexibility index (Phi) is 5.09. The van der Waals surface area contributed by atoms with E-state index in [0.717, 1.165) is 28.1 Å². The van der Waals surface area contributed by atoms with Crippen molar-refractivity contribution < 1.29 is 14.3 Å². The highest BCUT2D eigenvalue weighted by molar-refractivity contribution is 5.93. The number of aryl methyl sites for hydroxylation is 1. The van der Waals surface area contributed by atoms with Crippen molar-refractivity contribution in [1.82, 2.24) is 4.57 Å². The first kappa shape index (κ1) is 18.8. The van der Waals surface area contributed by atoms with Gasteiger partial charge in [-0.25, -0.2) is 4.79 Å². The first-order valence-electron chi connectivity index (χ1n) is 9.50. The summed E-state index contributed by atoms with van der Waals surface area (Å²) < 4.78 is 12.5. The normalized spacial score (nSPS) is 10.9. The third-order valence-electron chi connectivity index (χ3n) is 5.29. The molecule has 4 rings (SSSR count). The predicted octanol–water partition coefficient (Wildman–Crippen LogP) is 5.23. The number of rotatable bonds is 5. The SMILES string of the molecule is COC(=O)c1cccc(Cc2c(-c3ccccc3)n(C)c3cc(OC)ccc23)c1. The van der Waals surface area contributed by atoms with Crippen LogP contribution in [0.25, 0.3) is 22.2 Å². The number of hydrogen-bond acceptors (Lipinski definition) is 3. The van der Waals surface area contributed by atoms with Gasteiger partial charge in [-0.3, -0.25) is 0 Å². The van der Waals surface area contributed by atoms with Crippen LogP contribution in [-0.2, 0) is 18.2 Å². The summed E-state index contributed by atoms with van der Waals surface area (Å²) in [6, 6.07) is 24.2. The molecule has 0 saturated carbocycles. The van der Waals surface area contributed by atoms with Crippen LogP contribution in [0.3, 0.4) is 0 Å². The Balaban J connectivity index is 1.90. The monoisotopic (exact) mass is 385 g/mol. The second-order valence-corrected chi connectivity index (χ2v) is 7.00. The lowest BCUT2D eigenvalue weighted by molar-refractivity contribution is 0.0600. The van der Waals surface area contributed by atoms with Gasteiger partial charge in [0, 0.05) is 24.9 Å². The lowest BCUT2D eigenvalue weighted by Gasteiger charge is -2.09. The molecular formula is C25H23NO3. The molecule has 0 atom stereocenters. The van der Waals surface area contributed by atoms with Gasteiger partial charge in [-0.15, -0.1) is 0 Å². The number of methoxy groups -OCH3 is 2. The quantitative estimate of drug-likeness (QED) is 0.442. The van der Waals surface area contributed by atoms with Gasteiger partial charge in [0.15, 0.2) is 0 Å². The molecule has 4 heteroatoms. The van der Waals surface area contributed by atoms with Crippen molar-refractivity contribution in [2.24, 2.45) is 7.05 Å². The van der Waals surface area contributed by atoms with Crippen LogP contribution in [0.2, 0.25) is 0 Å². The zero-order valence-electron chi connectivity index (χ0n) is 16.8. The zero-order valence-corrected chi connectivity index (χ0v) is 16.8. The maximum Gasteiger partial charge on any atom is 0.337 e. The van der Waals surface area contributed by atoms with E-state index in [-0.39, 0.29) is 5.97 Å². The summed E-state index contributed by atoms with van der Waals surface area (Å²) in [5.41, 5.74) is 6.28. The summed E-state index contributed by atoms with van der Waals surface area (Å²) in [4.78, 5) is 12.0. The first-order valence-corrected chi connectivity index (χ1v) is 9.50. The Hall–Kier alpha value is -3.53. The van der Waals surface area contributed by atoms with Crippen LogP contribution < -0.4 is 4.74 Å². The maximum absolute atomic E-state index is 12.0. The molecule has 0 fully saturated rings. The molecule has 0 spiro atoms. The van der Waals surface area contributed by atoms with Gasteiger partial charge in [0.25, 0.3) is 0 Å². The molecular weight excluding hydrogens is 362 g/mol. The minimum atomic E-state index is -0.321. The minimum Gasteiger partial charge on any atom is -0.497 e. The topological polar surface area (TPSA) is 40.5 Å². The standard InChI is InChI=1S/C25H23NO3/c1-26-23-16-20(28-2)12-13-21(23)22(24(26)18-9-5-4-6-10-18)15-17-8-7-11-19(14-17)25(27)29-3/h4-14,16H,15H2,1-3H3. The number of hydrogen-bond donors (Lipinski definition) is 0. The summed E-state index contributed by atoms with van der Waals surface area (Å²) in [6.07, 6.45) is 0.707. The summed E-state index contributed by atoms with van der Waals surface area (Å²) in [5, 5.41) is 1.18. The van der Waals surface area contributed by atoms with Crippen LogP contribution in [0.1, 0.15) is 21.5 Å². The predicted molar refractivity (Wildman–Crippen MR) is 115 cm³/mol. The van der Waals surface area contributed by atoms with Crippen LogP contribution in [0, 0.1) is 0 Å². The number of carbonyl (C=O) groups excluding carboxylic acids is 1. The van der Waals surface area contributed by atoms with Crippen molar-refractivity contribution in [2.45, 2.75) is 6.42 Å². The number of fused-ring (bicyclic) bond motifs is 1. The summed E-state index contributed by atoms with van der Waals surface area (Å²) in [7, 11) is 5.17. The lowest BCUT2D eigenvalue weighted by atomic mass is 9.97. The fourth-order valence-electron chi connectivity index (χ4n) is 3.89. The van der Waals surface area contributed by atoms with Crippen molar-refractivity contribution in [3.63, 3.8) is 0 Å². The molecule has 29 heavy (non-hydrogen) atoms. The van der Waals surface area contributed by atoms with E-state index in [9.17, 15) is 4.79 Å². The molecule has 0 unspecified atom stereocenters. The average molecular weight is 385 g/mol. The molecule has 0 aliphatic heterocycles. The van der Waals surface area contributed by atoms with Crippen molar-refractivity contribution >= 4 is 16.9 Å². The highest BCUT2D eigenvalue weighted by atomic mass is 16.5. The third-order valence-corrected chi connectivity index (χ3v) is 5.29. The van der Waals surface area contributed by atoms with Gasteiger partial charge < -0.3 is 14.0 Å². The molecule has 0 aliphatic carbocycles. The summed E-state index contributed by atoms with van der Waals surface area (Å²) >= 11 is 0. The van der Waals surface area contributed by atoms with Gasteiger partial charge in [0.05, 0.1) is 31.0 Å². The minimum absolute atomic E-state index is 0.321. The average Bonchev–Trinajstić information content (AvgIpc) is 3.04. The molecule has 146 valence electrons. The van der Waals surface area contributed by atoms with E-state index in [1.807, 2.05) is 30.3 Å². The highest BCUT2D eigenvalue weighted by Crippen LogP contribution is 2.36. The largest absolute Gasteiger partial charge is 0.497 e. The van der Waals surface area contributed by atoms with Gasteiger partial charge in [0.1, 0.15) is 5.75 Å². The first-order chi connectivity index (χ1) is 14.1. The second-order valence-electron chi connectivity index (χ2n) is 7.00. The second kappa shape index (κ2) is 7.84. The molecule has 0 saturated heterocycles. The Bertz CT molecular complexity index is 1180. The molecule has 4 nitrogen and oxygen atoms in total. The van der Waals surface area contributed by atoms with Gasteiger partial charge >= 0.3 is 5.97 Å². The van der Waals surface area contributed by atoms with E-state index in [1.54, 1.807) is 13.2 Å². The Morgan fingerprint density at radius 3 is 2.45 bits per heavy atom. The van der Waals surface area contributed by atoms with Gasteiger partial charge in [-0.2, -0.15) is 0 Å². The maximum atomic E-state index is 12.0. The Morgan fingerprint density at radius 1 is 0.931 bits per heavy atom. The van der Waals surface area contributed by atoms with Crippen LogP contribution >= 0.6 is 0 Å². The van der Waals surface area contributed by atoms with Gasteiger partial charge in [-0.1, -0.05) is 42.5 Å². The van der Waals surface area contributed by atoms with Crippen LogP contribution in [-0.4, -0.2) is 24.8 Å². The Morgan fingerprint density at radius 2 is 1.72 bits per heavy atom. The number of esters is 1. The van der Waals surface area contributed by atoms with E-state index in [4.69, 9.17) is 9.47 Å². The third kappa shape index (κ3) is 3.49. The molecule has 1 heterocycles. The van der Waals surface area contributed by atoms with E-state index in [2.05, 4.69) is 48.0 Å². The molecule has 3 aromatic carbocycles. The lowest BCUT2D eigenvalue weighted by Crippen LogP contribution is -2.02. The molecule has 0 aliphatic rings. The number of aromatic nitrogens is 1. The fourth-order valence-corrected chi connectivity index (χ4v) is 3.89. The number of nitrogens with zero attached hydrogens (tertiary/aromatic N) is 1. The summed E-state index contributed by atoms with van der Waals surface area (Å²) in [5.74, 6) is 0.509. The number of benzene rings is 3. The van der Waals surface area contributed by atoms with Gasteiger partial charge in [0.2, 0.25) is 0 Å². The molecule has 0 radical (unpaired) electrons. The van der Waals surface area contributed by atoms with E-state index < -0.39 is 0 Å². The van der Waals surface area contributed by atoms with E-state index in [0.29, 0.717) is 12.0 Å². The molecule has 0 N–H and O–H groups in total. The zero-order chi connectivity index (χ0) is 20.4. The van der Waals surface area contributed by atoms with Crippen molar-refractivity contribution in [3.8, 4) is 17.0 Å². The molecule has 1 aromatic heterocycles. The fraction of sp³-hybridized carbons (Fsp3) is 0.160. The van der Waals surface area contributed by atoms with Gasteiger partial charge in [-0.05, 0) is 41.0 Å². The van der Waals surface area contributed by atoms with Crippen LogP contribution in [0.5, 0.6) is 5.75 Å². The van der Waals surface area contributed by atoms with Crippen LogP contribution in [0.15, 0.2) is 72.8 Å². The smallest absolute Gasteiger partial charge is 0.337 e. The van der Waals surface area contributed by atoms with Crippen molar-refractivity contribution in [3.05, 3.63) is 89.5 Å². The number of carbonyl (C=O) groups is 1. The highest BCUT2D eigenvalue weighted by Gasteiger charge is 2.18. The number of ether oxygens (including phenoxy) is 2. The van der Waals surface area contributed by atoms with E-state index in [1.165, 1.54) is 18.1 Å². The van der Waals surface area contributed by atoms with Crippen molar-refractivity contribution in [2.75, 3.05) is 14.2 Å². The molecule has 4 aromatic rings. The van der Waals surface area contributed by atoms with Crippen molar-refractivity contribution in [1.29, 1.82) is 0 Å². The Labute approximate surface area is 170 Å². The molecule has 0 amide bonds. The molecule has 0 bridgehead atoms. The summed E-state index contributed by atoms with van der Waals surface area (Å²) in [6.45, 7) is 0. The van der Waals surface area contributed by atoms with E-state index >= 15 is 0 Å². The van der Waals surface area contributed by atoms with Crippen LogP contribution in [0.4, 0.5) is 0 Å².